The van der Waals surface area contributed by atoms with Gasteiger partial charge in [0.15, 0.2) is 0 Å². The molecular formula is C10H13NOS. The van der Waals surface area contributed by atoms with Crippen molar-refractivity contribution in [1.29, 1.82) is 0 Å². The summed E-state index contributed by atoms with van der Waals surface area (Å²) >= 11 is 1.64. The molecule has 0 aliphatic rings. The fraction of sp³-hybridized carbons (Fsp3) is 0.300. The molecular weight excluding hydrogens is 182 g/mol. The van der Waals surface area contributed by atoms with E-state index in [1.54, 1.807) is 11.3 Å². The topological polar surface area (TPSA) is 29.1 Å². The van der Waals surface area contributed by atoms with Gasteiger partial charge in [-0.3, -0.25) is 4.79 Å². The van der Waals surface area contributed by atoms with Gasteiger partial charge < -0.3 is 5.32 Å². The van der Waals surface area contributed by atoms with Crippen LogP contribution in [0, 0.1) is 0 Å². The second-order valence-electron chi connectivity index (χ2n) is 2.72. The zero-order chi connectivity index (χ0) is 9.68. The molecule has 1 amide bonds. The summed E-state index contributed by atoms with van der Waals surface area (Å²) in [6, 6.07) is 3.97. The molecule has 1 aromatic heterocycles. The van der Waals surface area contributed by atoms with Crippen molar-refractivity contribution in [2.45, 2.75) is 19.9 Å². The van der Waals surface area contributed by atoms with E-state index in [-0.39, 0.29) is 5.91 Å². The Hall–Kier alpha value is -1.09. The number of rotatable bonds is 4. The maximum absolute atomic E-state index is 11.3. The Morgan fingerprint density at radius 2 is 2.46 bits per heavy atom. The van der Waals surface area contributed by atoms with Crippen molar-refractivity contribution in [2.24, 2.45) is 0 Å². The minimum Gasteiger partial charge on any atom is -0.347 e. The average molecular weight is 195 g/mol. The Morgan fingerprint density at radius 3 is 3.00 bits per heavy atom. The van der Waals surface area contributed by atoms with Crippen molar-refractivity contribution >= 4 is 17.2 Å². The quantitative estimate of drug-likeness (QED) is 0.734. The van der Waals surface area contributed by atoms with E-state index in [4.69, 9.17) is 0 Å². The minimum absolute atomic E-state index is 0.0455. The number of amides is 1. The summed E-state index contributed by atoms with van der Waals surface area (Å²) in [5.74, 6) is -0.0455. The highest BCUT2D eigenvalue weighted by Crippen LogP contribution is 2.07. The van der Waals surface area contributed by atoms with Crippen LogP contribution in [0.1, 0.15) is 18.2 Å². The molecule has 0 radical (unpaired) electrons. The van der Waals surface area contributed by atoms with Gasteiger partial charge in [0.25, 0.3) is 0 Å². The van der Waals surface area contributed by atoms with Crippen LogP contribution in [0.2, 0.25) is 0 Å². The van der Waals surface area contributed by atoms with E-state index in [9.17, 15) is 4.79 Å². The first-order chi connectivity index (χ1) is 6.24. The third kappa shape index (κ3) is 3.03. The summed E-state index contributed by atoms with van der Waals surface area (Å²) in [4.78, 5) is 12.4. The van der Waals surface area contributed by atoms with Crippen LogP contribution in [0.15, 0.2) is 29.7 Å². The smallest absolute Gasteiger partial charge is 0.246 e. The van der Waals surface area contributed by atoms with Gasteiger partial charge in [0, 0.05) is 10.5 Å². The zero-order valence-corrected chi connectivity index (χ0v) is 8.49. The summed E-state index contributed by atoms with van der Waals surface area (Å²) in [7, 11) is 0. The highest BCUT2D eigenvalue weighted by molar-refractivity contribution is 7.09. The molecule has 1 N–H and O–H groups in total. The molecule has 0 atom stereocenters. The SMILES string of the molecule is C=C(CC)C(=O)NCc1cccs1. The molecule has 0 aliphatic heterocycles. The van der Waals surface area contributed by atoms with E-state index in [0.717, 1.165) is 4.88 Å². The lowest BCUT2D eigenvalue weighted by Crippen LogP contribution is -2.23. The first-order valence-electron chi connectivity index (χ1n) is 4.22. The van der Waals surface area contributed by atoms with Gasteiger partial charge in [0.05, 0.1) is 6.54 Å². The van der Waals surface area contributed by atoms with Crippen LogP contribution in [0.25, 0.3) is 0 Å². The Balaban J connectivity index is 2.35. The second-order valence-corrected chi connectivity index (χ2v) is 3.75. The van der Waals surface area contributed by atoms with Gasteiger partial charge in [0.1, 0.15) is 0 Å². The molecule has 3 heteroatoms. The fourth-order valence-corrected chi connectivity index (χ4v) is 1.51. The first kappa shape index (κ1) is 9.99. The molecule has 70 valence electrons. The van der Waals surface area contributed by atoms with Crippen molar-refractivity contribution in [2.75, 3.05) is 0 Å². The average Bonchev–Trinajstić information content (AvgIpc) is 2.65. The molecule has 13 heavy (non-hydrogen) atoms. The molecule has 0 unspecified atom stereocenters. The zero-order valence-electron chi connectivity index (χ0n) is 7.67. The van der Waals surface area contributed by atoms with E-state index < -0.39 is 0 Å². The Kier molecular flexibility index (Phi) is 3.71. The number of thiophene rings is 1. The van der Waals surface area contributed by atoms with Crippen LogP contribution in [-0.2, 0) is 11.3 Å². The maximum atomic E-state index is 11.3. The van der Waals surface area contributed by atoms with E-state index in [2.05, 4.69) is 11.9 Å². The van der Waals surface area contributed by atoms with Crippen molar-refractivity contribution in [3.8, 4) is 0 Å². The lowest BCUT2D eigenvalue weighted by molar-refractivity contribution is -0.117. The van der Waals surface area contributed by atoms with Gasteiger partial charge in [-0.05, 0) is 17.9 Å². The Morgan fingerprint density at radius 1 is 1.69 bits per heavy atom. The molecule has 1 rings (SSSR count). The number of nitrogens with one attached hydrogen (secondary N) is 1. The van der Waals surface area contributed by atoms with E-state index in [1.807, 2.05) is 24.4 Å². The molecule has 1 heterocycles. The lowest BCUT2D eigenvalue weighted by Gasteiger charge is -2.03. The monoisotopic (exact) mass is 195 g/mol. The highest BCUT2D eigenvalue weighted by atomic mass is 32.1. The van der Waals surface area contributed by atoms with Gasteiger partial charge >= 0.3 is 0 Å². The Bertz CT molecular complexity index is 290. The first-order valence-corrected chi connectivity index (χ1v) is 5.10. The van der Waals surface area contributed by atoms with Crippen molar-refractivity contribution in [3.63, 3.8) is 0 Å². The molecule has 1 aromatic rings. The summed E-state index contributed by atoms with van der Waals surface area (Å²) in [5, 5.41) is 4.80. The van der Waals surface area contributed by atoms with E-state index >= 15 is 0 Å². The van der Waals surface area contributed by atoms with Crippen LogP contribution in [-0.4, -0.2) is 5.91 Å². The molecule has 0 bridgehead atoms. The molecule has 0 spiro atoms. The van der Waals surface area contributed by atoms with E-state index in [1.165, 1.54) is 0 Å². The Labute approximate surface area is 82.3 Å². The summed E-state index contributed by atoms with van der Waals surface area (Å²) in [6.07, 6.45) is 0.705. The second kappa shape index (κ2) is 4.82. The van der Waals surface area contributed by atoms with Gasteiger partial charge in [0.2, 0.25) is 5.91 Å². The van der Waals surface area contributed by atoms with Gasteiger partial charge in [-0.15, -0.1) is 11.3 Å². The molecule has 0 saturated carbocycles. The molecule has 0 aliphatic carbocycles. The largest absolute Gasteiger partial charge is 0.347 e. The standard InChI is InChI=1S/C10H13NOS/c1-3-8(2)10(12)11-7-9-5-4-6-13-9/h4-6H,2-3,7H2,1H3,(H,11,12). The fourth-order valence-electron chi connectivity index (χ4n) is 0.866. The van der Waals surface area contributed by atoms with Crippen LogP contribution in [0.3, 0.4) is 0 Å². The van der Waals surface area contributed by atoms with Crippen molar-refractivity contribution in [3.05, 3.63) is 34.5 Å². The summed E-state index contributed by atoms with van der Waals surface area (Å²) < 4.78 is 0. The number of hydrogen-bond donors (Lipinski definition) is 1. The van der Waals surface area contributed by atoms with Gasteiger partial charge in [-0.2, -0.15) is 0 Å². The van der Waals surface area contributed by atoms with Crippen LogP contribution in [0.5, 0.6) is 0 Å². The van der Waals surface area contributed by atoms with Crippen LogP contribution >= 0.6 is 11.3 Å². The lowest BCUT2D eigenvalue weighted by atomic mass is 10.2. The van der Waals surface area contributed by atoms with Crippen LogP contribution < -0.4 is 5.32 Å². The van der Waals surface area contributed by atoms with E-state index in [0.29, 0.717) is 18.5 Å². The molecule has 2 nitrogen and oxygen atoms in total. The third-order valence-electron chi connectivity index (χ3n) is 1.75. The molecule has 0 fully saturated rings. The maximum Gasteiger partial charge on any atom is 0.246 e. The van der Waals surface area contributed by atoms with Crippen LogP contribution in [0.4, 0.5) is 0 Å². The van der Waals surface area contributed by atoms with Gasteiger partial charge in [-0.25, -0.2) is 0 Å². The normalized spacial score (nSPS) is 9.62. The predicted octanol–water partition coefficient (Wildman–Crippen LogP) is 2.33. The third-order valence-corrected chi connectivity index (χ3v) is 2.63. The number of carbonyl (C=O) groups is 1. The minimum atomic E-state index is -0.0455. The predicted molar refractivity (Wildman–Crippen MR) is 55.6 cm³/mol. The summed E-state index contributed by atoms with van der Waals surface area (Å²) in [5.41, 5.74) is 0.636. The highest BCUT2D eigenvalue weighted by Gasteiger charge is 2.03. The number of hydrogen-bond acceptors (Lipinski definition) is 2. The van der Waals surface area contributed by atoms with Crippen molar-refractivity contribution in [1.82, 2.24) is 5.32 Å². The molecule has 0 aromatic carbocycles. The van der Waals surface area contributed by atoms with Crippen molar-refractivity contribution < 1.29 is 4.79 Å². The summed E-state index contributed by atoms with van der Waals surface area (Å²) in [6.45, 7) is 6.19. The molecule has 0 saturated heterocycles. The van der Waals surface area contributed by atoms with Gasteiger partial charge in [-0.1, -0.05) is 19.6 Å². The number of carbonyl (C=O) groups excluding carboxylic acids is 1.